The van der Waals surface area contributed by atoms with Crippen molar-refractivity contribution >= 4 is 11.8 Å². The monoisotopic (exact) mass is 357 g/mol. The number of rotatable bonds is 6. The summed E-state index contributed by atoms with van der Waals surface area (Å²) in [6.45, 7) is 6.70. The van der Waals surface area contributed by atoms with Crippen LogP contribution in [-0.2, 0) is 6.54 Å². The van der Waals surface area contributed by atoms with E-state index in [2.05, 4.69) is 27.1 Å². The Labute approximate surface area is 155 Å². The van der Waals surface area contributed by atoms with Gasteiger partial charge in [0.05, 0.1) is 14.2 Å². The zero-order chi connectivity index (χ0) is 18.5. The molecule has 0 amide bonds. The van der Waals surface area contributed by atoms with Gasteiger partial charge in [0.25, 0.3) is 0 Å². The van der Waals surface area contributed by atoms with E-state index in [0.29, 0.717) is 12.5 Å². The van der Waals surface area contributed by atoms with Gasteiger partial charge in [0.15, 0.2) is 11.5 Å². The first-order chi connectivity index (χ1) is 12.6. The van der Waals surface area contributed by atoms with Gasteiger partial charge in [-0.05, 0) is 31.7 Å². The summed E-state index contributed by atoms with van der Waals surface area (Å²) >= 11 is 0. The molecular weight excluding hydrogens is 330 g/mol. The van der Waals surface area contributed by atoms with E-state index in [1.54, 1.807) is 14.2 Å². The first kappa shape index (κ1) is 18.3. The van der Waals surface area contributed by atoms with Crippen LogP contribution >= 0.6 is 0 Å². The van der Waals surface area contributed by atoms with Gasteiger partial charge >= 0.3 is 0 Å². The summed E-state index contributed by atoms with van der Waals surface area (Å²) in [5, 5.41) is 3.32. The molecule has 0 unspecified atom stereocenters. The van der Waals surface area contributed by atoms with Gasteiger partial charge in [-0.2, -0.15) is 4.98 Å². The molecule has 0 atom stereocenters. The highest BCUT2D eigenvalue weighted by atomic mass is 16.5. The lowest BCUT2D eigenvalue weighted by Crippen LogP contribution is -2.44. The molecule has 1 aliphatic rings. The maximum atomic E-state index is 5.36. The average molecular weight is 357 g/mol. The second-order valence-corrected chi connectivity index (χ2v) is 6.52. The molecule has 1 aromatic heterocycles. The smallest absolute Gasteiger partial charge is 0.225 e. The lowest BCUT2D eigenvalue weighted by atomic mass is 10.2. The fourth-order valence-corrected chi connectivity index (χ4v) is 3.00. The standard InChI is InChI=1S/C19H27N5O2/c1-14-11-18(24-9-7-23(2)8-10-24)22-19(21-14)20-13-15-5-6-16(25-3)17(12-15)26-4/h5-6,11-12H,7-10,13H2,1-4H3,(H,20,21,22). The lowest BCUT2D eigenvalue weighted by molar-refractivity contribution is 0.312. The Hall–Kier alpha value is -2.54. The molecule has 3 rings (SSSR count). The topological polar surface area (TPSA) is 62.8 Å². The molecule has 7 heteroatoms. The maximum absolute atomic E-state index is 5.36. The van der Waals surface area contributed by atoms with Crippen molar-refractivity contribution in [1.82, 2.24) is 14.9 Å². The molecule has 7 nitrogen and oxygen atoms in total. The Morgan fingerprint density at radius 2 is 1.73 bits per heavy atom. The van der Waals surface area contributed by atoms with Gasteiger partial charge in [-0.15, -0.1) is 0 Å². The van der Waals surface area contributed by atoms with Crippen molar-refractivity contribution < 1.29 is 9.47 Å². The van der Waals surface area contributed by atoms with Gasteiger partial charge in [0, 0.05) is 44.5 Å². The van der Waals surface area contributed by atoms with Gasteiger partial charge in [0.1, 0.15) is 5.82 Å². The van der Waals surface area contributed by atoms with Gasteiger partial charge in [-0.25, -0.2) is 4.98 Å². The Balaban J connectivity index is 1.70. The van der Waals surface area contributed by atoms with Crippen LogP contribution in [0.25, 0.3) is 0 Å². The highest BCUT2D eigenvalue weighted by Gasteiger charge is 2.16. The van der Waals surface area contributed by atoms with Crippen molar-refractivity contribution in [1.29, 1.82) is 0 Å². The van der Waals surface area contributed by atoms with E-state index in [1.807, 2.05) is 31.2 Å². The number of likely N-dealkylation sites (N-methyl/N-ethyl adjacent to an activating group) is 1. The van der Waals surface area contributed by atoms with Crippen molar-refractivity contribution in [2.75, 3.05) is 57.7 Å². The molecule has 0 bridgehead atoms. The molecule has 26 heavy (non-hydrogen) atoms. The van der Waals surface area contributed by atoms with Crippen LogP contribution in [0.15, 0.2) is 24.3 Å². The van der Waals surface area contributed by atoms with Gasteiger partial charge in [-0.1, -0.05) is 6.07 Å². The average Bonchev–Trinajstić information content (AvgIpc) is 2.66. The number of nitrogens with one attached hydrogen (secondary N) is 1. The number of methoxy groups -OCH3 is 2. The van der Waals surface area contributed by atoms with Crippen LogP contribution in [0.2, 0.25) is 0 Å². The molecule has 1 N–H and O–H groups in total. The summed E-state index contributed by atoms with van der Waals surface area (Å²) in [7, 11) is 5.43. The van der Waals surface area contributed by atoms with Gasteiger partial charge in [-0.3, -0.25) is 0 Å². The molecule has 2 heterocycles. The zero-order valence-corrected chi connectivity index (χ0v) is 16.0. The Kier molecular flexibility index (Phi) is 5.78. The van der Waals surface area contributed by atoms with Gasteiger partial charge in [0.2, 0.25) is 5.95 Å². The van der Waals surface area contributed by atoms with Crippen LogP contribution in [-0.4, -0.2) is 62.3 Å². The normalized spacial score (nSPS) is 15.0. The minimum atomic E-state index is 0.617. The molecule has 0 spiro atoms. The highest BCUT2D eigenvalue weighted by Crippen LogP contribution is 2.27. The number of piperazine rings is 1. The van der Waals surface area contributed by atoms with E-state index in [4.69, 9.17) is 14.5 Å². The Morgan fingerprint density at radius 3 is 2.42 bits per heavy atom. The second-order valence-electron chi connectivity index (χ2n) is 6.52. The van der Waals surface area contributed by atoms with E-state index >= 15 is 0 Å². The minimum Gasteiger partial charge on any atom is -0.493 e. The second kappa shape index (κ2) is 8.23. The van der Waals surface area contributed by atoms with Gasteiger partial charge < -0.3 is 24.6 Å². The number of anilines is 2. The number of hydrogen-bond donors (Lipinski definition) is 1. The number of nitrogens with zero attached hydrogens (tertiary/aromatic N) is 4. The summed E-state index contributed by atoms with van der Waals surface area (Å²) in [6.07, 6.45) is 0. The molecule has 1 fully saturated rings. The highest BCUT2D eigenvalue weighted by molar-refractivity contribution is 5.47. The summed E-state index contributed by atoms with van der Waals surface area (Å²) < 4.78 is 10.6. The first-order valence-electron chi connectivity index (χ1n) is 8.83. The third-order valence-corrected chi connectivity index (χ3v) is 4.57. The van der Waals surface area contributed by atoms with Crippen molar-refractivity contribution in [3.63, 3.8) is 0 Å². The molecule has 2 aromatic rings. The largest absolute Gasteiger partial charge is 0.493 e. The summed E-state index contributed by atoms with van der Waals surface area (Å²) in [4.78, 5) is 13.9. The molecule has 0 saturated carbocycles. The van der Waals surface area contributed by atoms with E-state index in [9.17, 15) is 0 Å². The number of aryl methyl sites for hydroxylation is 1. The zero-order valence-electron chi connectivity index (χ0n) is 16.0. The maximum Gasteiger partial charge on any atom is 0.225 e. The van der Waals surface area contributed by atoms with Crippen LogP contribution in [0.1, 0.15) is 11.3 Å². The van der Waals surface area contributed by atoms with Crippen molar-refractivity contribution in [2.24, 2.45) is 0 Å². The van der Waals surface area contributed by atoms with Crippen LogP contribution in [0, 0.1) is 6.92 Å². The van der Waals surface area contributed by atoms with E-state index in [1.165, 1.54) is 0 Å². The molecule has 0 aliphatic carbocycles. The van der Waals surface area contributed by atoms with E-state index in [-0.39, 0.29) is 0 Å². The fourth-order valence-electron chi connectivity index (χ4n) is 3.00. The van der Waals surface area contributed by atoms with Crippen LogP contribution in [0.5, 0.6) is 11.5 Å². The Bertz CT molecular complexity index is 745. The summed E-state index contributed by atoms with van der Waals surface area (Å²) in [5.41, 5.74) is 2.04. The molecule has 1 aromatic carbocycles. The van der Waals surface area contributed by atoms with Crippen LogP contribution in [0.3, 0.4) is 0 Å². The molecule has 1 aliphatic heterocycles. The predicted octanol–water partition coefficient (Wildman–Crippen LogP) is 2.17. The number of benzene rings is 1. The number of hydrogen-bond acceptors (Lipinski definition) is 7. The number of ether oxygens (including phenoxy) is 2. The summed E-state index contributed by atoms with van der Waals surface area (Å²) in [5.74, 6) is 3.07. The molecule has 1 saturated heterocycles. The lowest BCUT2D eigenvalue weighted by Gasteiger charge is -2.33. The predicted molar refractivity (Wildman–Crippen MR) is 103 cm³/mol. The van der Waals surface area contributed by atoms with E-state index < -0.39 is 0 Å². The summed E-state index contributed by atoms with van der Waals surface area (Å²) in [6, 6.07) is 7.92. The third kappa shape index (κ3) is 4.35. The fraction of sp³-hybridized carbons (Fsp3) is 0.474. The van der Waals surface area contributed by atoms with Crippen LogP contribution in [0.4, 0.5) is 11.8 Å². The Morgan fingerprint density at radius 1 is 1.00 bits per heavy atom. The number of aromatic nitrogens is 2. The molecule has 140 valence electrons. The van der Waals surface area contributed by atoms with Crippen molar-refractivity contribution in [2.45, 2.75) is 13.5 Å². The van der Waals surface area contributed by atoms with Crippen LogP contribution < -0.4 is 19.7 Å². The minimum absolute atomic E-state index is 0.617. The third-order valence-electron chi connectivity index (χ3n) is 4.57. The molecule has 0 radical (unpaired) electrons. The van der Waals surface area contributed by atoms with Crippen molar-refractivity contribution in [3.05, 3.63) is 35.5 Å². The van der Waals surface area contributed by atoms with Crippen molar-refractivity contribution in [3.8, 4) is 11.5 Å². The van der Waals surface area contributed by atoms with E-state index in [0.717, 1.165) is 54.8 Å². The molecular formula is C19H27N5O2. The quantitative estimate of drug-likeness (QED) is 0.850. The SMILES string of the molecule is COc1ccc(CNc2nc(C)cc(N3CCN(C)CC3)n2)cc1OC. The first-order valence-corrected chi connectivity index (χ1v) is 8.83.